The van der Waals surface area contributed by atoms with Crippen LogP contribution >= 0.6 is 0 Å². The Balaban J connectivity index is 0.00000289. The second-order valence-corrected chi connectivity index (χ2v) is 9.53. The largest absolute Gasteiger partial charge is 1.00 e. The van der Waals surface area contributed by atoms with Crippen molar-refractivity contribution in [2.45, 2.75) is 19.6 Å². The van der Waals surface area contributed by atoms with E-state index in [0.717, 1.165) is 11.3 Å². The summed E-state index contributed by atoms with van der Waals surface area (Å²) in [6.45, 7) is 6.20. The van der Waals surface area contributed by atoms with Gasteiger partial charge in [0.25, 0.3) is 0 Å². The van der Waals surface area contributed by atoms with E-state index in [2.05, 4.69) is 25.7 Å². The minimum atomic E-state index is -1.73. The molecule has 0 radical (unpaired) electrons. The molecule has 0 aliphatic rings. The van der Waals surface area contributed by atoms with Gasteiger partial charge in [-0.1, -0.05) is 12.1 Å². The number of nitrogens with zero attached hydrogens (tertiary/aromatic N) is 2. The summed E-state index contributed by atoms with van der Waals surface area (Å²) in [7, 11) is 2.25. The molecule has 18 heavy (non-hydrogen) atoms. The first kappa shape index (κ1) is 17.2. The van der Waals surface area contributed by atoms with Gasteiger partial charge in [-0.2, -0.15) is 12.1 Å². The number of benzene rings is 1. The van der Waals surface area contributed by atoms with Crippen LogP contribution in [0.25, 0.3) is 0 Å². The zero-order valence-electron chi connectivity index (χ0n) is 12.1. The van der Waals surface area contributed by atoms with Crippen molar-refractivity contribution in [1.29, 1.82) is 5.26 Å². The molecular weight excluding hydrogens is 235 g/mol. The zero-order valence-corrected chi connectivity index (χ0v) is 13.1. The van der Waals surface area contributed by atoms with E-state index in [0.29, 0.717) is 6.10 Å². The maximum atomic E-state index is 9.12. The zero-order chi connectivity index (χ0) is 13.1. The third-order valence-corrected chi connectivity index (χ3v) is 2.97. The van der Waals surface area contributed by atoms with Crippen LogP contribution in [-0.2, 0) is 4.43 Å². The van der Waals surface area contributed by atoms with E-state index in [-0.39, 0.29) is 18.9 Å². The predicted molar refractivity (Wildman–Crippen MR) is 73.2 cm³/mol. The van der Waals surface area contributed by atoms with Gasteiger partial charge in [-0.25, -0.2) is 5.26 Å². The number of nitriles is 1. The third kappa shape index (κ3) is 5.20. The van der Waals surface area contributed by atoms with Crippen molar-refractivity contribution in [3.8, 4) is 6.07 Å². The molecule has 0 bridgehead atoms. The van der Waals surface area contributed by atoms with E-state index in [1.807, 2.05) is 43.3 Å². The first-order chi connectivity index (χ1) is 7.83. The normalized spacial score (nSPS) is 10.2. The summed E-state index contributed by atoms with van der Waals surface area (Å²) in [5, 5.41) is 9.12. The molecule has 0 saturated heterocycles. The van der Waals surface area contributed by atoms with Gasteiger partial charge in [-0.05, 0) is 19.6 Å². The molecule has 1 aromatic carbocycles. The molecule has 92 valence electrons. The molecule has 1 rings (SSSR count). The van der Waals surface area contributed by atoms with Crippen LogP contribution in [0.1, 0.15) is 5.56 Å². The standard InChI is InChI=1S/C13H19N2OSi.Li/c1-15(2)12-8-6-11(7-9-12)13(10-14)16-17(3,4)5;/h6-9H,1-5H3;/q-1;+1. The topological polar surface area (TPSA) is 36.3 Å². The van der Waals surface area contributed by atoms with Crippen molar-refractivity contribution >= 4 is 14.0 Å². The first-order valence-electron chi connectivity index (χ1n) is 5.57. The average Bonchev–Trinajstić information content (AvgIpc) is 2.25. The predicted octanol–water partition coefficient (Wildman–Crippen LogP) is 0.0118. The molecule has 0 aromatic heterocycles. The van der Waals surface area contributed by atoms with Gasteiger partial charge in [0, 0.05) is 25.9 Å². The van der Waals surface area contributed by atoms with Crippen molar-refractivity contribution in [1.82, 2.24) is 0 Å². The Morgan fingerprint density at radius 2 is 1.67 bits per heavy atom. The van der Waals surface area contributed by atoms with Gasteiger partial charge >= 0.3 is 18.9 Å². The second kappa shape index (κ2) is 6.92. The number of hydrogen-bond acceptors (Lipinski definition) is 3. The Morgan fingerprint density at radius 1 is 1.17 bits per heavy atom. The Morgan fingerprint density at radius 3 is 2.00 bits per heavy atom. The minimum Gasteiger partial charge on any atom is -0.436 e. The molecule has 0 fully saturated rings. The molecule has 0 spiro atoms. The first-order valence-corrected chi connectivity index (χ1v) is 8.98. The number of hydrogen-bond donors (Lipinski definition) is 0. The van der Waals surface area contributed by atoms with Crippen molar-refractivity contribution < 1.29 is 23.3 Å². The van der Waals surface area contributed by atoms with Gasteiger partial charge in [0.05, 0.1) is 6.07 Å². The monoisotopic (exact) mass is 254 g/mol. The van der Waals surface area contributed by atoms with E-state index in [1.165, 1.54) is 0 Å². The maximum Gasteiger partial charge on any atom is 1.00 e. The smallest absolute Gasteiger partial charge is 0.436 e. The fourth-order valence-electron chi connectivity index (χ4n) is 1.36. The molecule has 0 aliphatic heterocycles. The second-order valence-electron chi connectivity index (χ2n) is 5.10. The Labute approximate surface area is 123 Å². The van der Waals surface area contributed by atoms with Gasteiger partial charge in [-0.3, -0.25) is 0 Å². The summed E-state index contributed by atoms with van der Waals surface area (Å²) in [6, 6.07) is 9.96. The van der Waals surface area contributed by atoms with Crippen LogP contribution in [0.3, 0.4) is 0 Å². The van der Waals surface area contributed by atoms with Crippen LogP contribution in [0.4, 0.5) is 5.69 Å². The summed E-state index contributed by atoms with van der Waals surface area (Å²) in [6.07, 6.45) is 0.425. The molecule has 0 amide bonds. The van der Waals surface area contributed by atoms with Crippen LogP contribution in [0, 0.1) is 17.4 Å². The minimum absolute atomic E-state index is 0. The van der Waals surface area contributed by atoms with Gasteiger partial charge < -0.3 is 9.33 Å². The van der Waals surface area contributed by atoms with E-state index < -0.39 is 8.32 Å². The fraction of sp³-hybridized carbons (Fsp3) is 0.385. The average molecular weight is 254 g/mol. The summed E-state index contributed by atoms with van der Waals surface area (Å²) in [5.41, 5.74) is 1.96. The summed E-state index contributed by atoms with van der Waals surface area (Å²) >= 11 is 0. The molecule has 0 aliphatic carbocycles. The van der Waals surface area contributed by atoms with Gasteiger partial charge in [0.1, 0.15) is 0 Å². The summed E-state index contributed by atoms with van der Waals surface area (Å²) in [4.78, 5) is 2.02. The summed E-state index contributed by atoms with van der Waals surface area (Å²) < 4.78 is 5.75. The summed E-state index contributed by atoms with van der Waals surface area (Å²) in [5.74, 6) is 0. The van der Waals surface area contributed by atoms with Crippen molar-refractivity contribution in [2.24, 2.45) is 0 Å². The van der Waals surface area contributed by atoms with E-state index in [1.54, 1.807) is 0 Å². The van der Waals surface area contributed by atoms with Crippen LogP contribution in [-0.4, -0.2) is 22.4 Å². The molecule has 0 atom stereocenters. The molecule has 0 N–H and O–H groups in total. The maximum absolute atomic E-state index is 9.12. The van der Waals surface area contributed by atoms with Crippen molar-refractivity contribution in [2.75, 3.05) is 19.0 Å². The quantitative estimate of drug-likeness (QED) is 0.561. The molecule has 5 heteroatoms. The van der Waals surface area contributed by atoms with Crippen LogP contribution in [0.15, 0.2) is 24.3 Å². The van der Waals surface area contributed by atoms with Crippen molar-refractivity contribution in [3.63, 3.8) is 0 Å². The van der Waals surface area contributed by atoms with Gasteiger partial charge in [-0.15, -0.1) is 5.56 Å². The van der Waals surface area contributed by atoms with E-state index >= 15 is 0 Å². The number of rotatable bonds is 4. The molecule has 0 unspecified atom stereocenters. The van der Waals surface area contributed by atoms with Crippen LogP contribution in [0.5, 0.6) is 0 Å². The molecular formula is C13H19LiN2OSi. The van der Waals surface area contributed by atoms with E-state index in [4.69, 9.17) is 9.69 Å². The molecule has 1 aromatic rings. The third-order valence-electron chi connectivity index (χ3n) is 2.16. The van der Waals surface area contributed by atoms with Crippen LogP contribution < -0.4 is 23.8 Å². The van der Waals surface area contributed by atoms with E-state index in [9.17, 15) is 0 Å². The number of anilines is 1. The molecule has 3 nitrogen and oxygen atoms in total. The molecule has 0 heterocycles. The van der Waals surface area contributed by atoms with Gasteiger partial charge in [0.2, 0.25) is 0 Å². The van der Waals surface area contributed by atoms with Crippen molar-refractivity contribution in [3.05, 3.63) is 35.9 Å². The van der Waals surface area contributed by atoms with Crippen LogP contribution in [0.2, 0.25) is 19.6 Å². The van der Waals surface area contributed by atoms with Gasteiger partial charge in [0.15, 0.2) is 8.32 Å². The Bertz CT molecular complexity index is 406. The SMILES string of the molecule is CN(C)c1ccc([C-](C#N)O[Si](C)(C)C)cc1.[Li+]. The fourth-order valence-corrected chi connectivity index (χ4v) is 2.14. The Hall–Kier alpha value is -0.846. The Kier molecular flexibility index (Phi) is 6.59. The molecule has 0 saturated carbocycles.